The van der Waals surface area contributed by atoms with Crippen LogP contribution in [-0.2, 0) is 10.0 Å². The van der Waals surface area contributed by atoms with E-state index in [1.165, 1.54) is 4.31 Å². The first-order chi connectivity index (χ1) is 11.2. The molecule has 6 nitrogen and oxygen atoms in total. The molecule has 0 unspecified atom stereocenters. The van der Waals surface area contributed by atoms with Crippen molar-refractivity contribution in [1.82, 2.24) is 14.5 Å². The molecule has 24 heavy (non-hydrogen) atoms. The Kier molecular flexibility index (Phi) is 5.87. The van der Waals surface area contributed by atoms with E-state index >= 15 is 0 Å². The molecule has 134 valence electrons. The van der Waals surface area contributed by atoms with Crippen LogP contribution in [0.25, 0.3) is 0 Å². The number of benzene rings is 1. The Morgan fingerprint density at radius 1 is 1.00 bits per heavy atom. The Morgan fingerprint density at radius 3 is 2.00 bits per heavy atom. The van der Waals surface area contributed by atoms with Crippen molar-refractivity contribution in [2.45, 2.75) is 44.6 Å². The fraction of sp³-hybridized carbons (Fsp3) is 0.588. The molecule has 1 fully saturated rings. The van der Waals surface area contributed by atoms with Crippen molar-refractivity contribution in [1.29, 1.82) is 0 Å². The van der Waals surface area contributed by atoms with Crippen molar-refractivity contribution < 1.29 is 13.2 Å². The van der Waals surface area contributed by atoms with Crippen molar-refractivity contribution in [2.24, 2.45) is 0 Å². The maximum absolute atomic E-state index is 12.7. The van der Waals surface area contributed by atoms with Crippen molar-refractivity contribution in [2.75, 3.05) is 26.2 Å². The summed E-state index contributed by atoms with van der Waals surface area (Å²) in [6, 6.07) is 7.00. The van der Waals surface area contributed by atoms with Gasteiger partial charge in [-0.05, 0) is 37.5 Å². The topological polar surface area (TPSA) is 69.7 Å². The third kappa shape index (κ3) is 4.27. The second-order valence-corrected chi connectivity index (χ2v) is 8.66. The molecule has 1 N–H and O–H groups in total. The Labute approximate surface area is 144 Å². The summed E-state index contributed by atoms with van der Waals surface area (Å²) in [5, 5.41) is 2.83. The Morgan fingerprint density at radius 2 is 1.54 bits per heavy atom. The molecule has 0 radical (unpaired) electrons. The maximum atomic E-state index is 12.7. The number of nitrogens with one attached hydrogen (secondary N) is 1. The second kappa shape index (κ2) is 7.53. The lowest BCUT2D eigenvalue weighted by atomic mass is 10.0. The van der Waals surface area contributed by atoms with Crippen LogP contribution in [0, 0.1) is 0 Å². The Balaban J connectivity index is 2.03. The van der Waals surface area contributed by atoms with Gasteiger partial charge in [-0.15, -0.1) is 0 Å². The lowest BCUT2D eigenvalue weighted by Gasteiger charge is -2.34. The largest absolute Gasteiger partial charge is 0.336 e. The number of piperazine rings is 1. The summed E-state index contributed by atoms with van der Waals surface area (Å²) in [5.41, 5.74) is 1.11. The van der Waals surface area contributed by atoms with E-state index in [9.17, 15) is 13.2 Å². The monoisotopic (exact) mass is 353 g/mol. The average Bonchev–Trinajstić information content (AvgIpc) is 2.54. The molecule has 0 aromatic heterocycles. The van der Waals surface area contributed by atoms with Crippen molar-refractivity contribution in [3.8, 4) is 0 Å². The molecule has 2 amide bonds. The van der Waals surface area contributed by atoms with E-state index in [0.29, 0.717) is 37.0 Å². The smallest absolute Gasteiger partial charge is 0.317 e. The quantitative estimate of drug-likeness (QED) is 0.902. The van der Waals surface area contributed by atoms with Gasteiger partial charge in [0.05, 0.1) is 4.90 Å². The molecule has 1 aliphatic heterocycles. The lowest BCUT2D eigenvalue weighted by molar-refractivity contribution is 0.170. The minimum atomic E-state index is -3.50. The van der Waals surface area contributed by atoms with Gasteiger partial charge in [-0.3, -0.25) is 0 Å². The molecule has 1 aliphatic rings. The summed E-state index contributed by atoms with van der Waals surface area (Å²) in [6.07, 6.45) is 0. The summed E-state index contributed by atoms with van der Waals surface area (Å²) in [5.74, 6) is 0.366. The summed E-state index contributed by atoms with van der Waals surface area (Å²) in [4.78, 5) is 14.0. The zero-order valence-electron chi connectivity index (χ0n) is 14.8. The number of nitrogens with zero attached hydrogens (tertiary/aromatic N) is 2. The third-order valence-electron chi connectivity index (χ3n) is 4.12. The number of hydrogen-bond donors (Lipinski definition) is 1. The van der Waals surface area contributed by atoms with Crippen LogP contribution in [0.15, 0.2) is 29.2 Å². The molecule has 0 atom stereocenters. The molecule has 1 saturated heterocycles. The predicted octanol–water partition coefficient (Wildman–Crippen LogP) is 2.23. The average molecular weight is 353 g/mol. The summed E-state index contributed by atoms with van der Waals surface area (Å²) < 4.78 is 26.9. The summed E-state index contributed by atoms with van der Waals surface area (Å²) >= 11 is 0. The molecular formula is C17H27N3O3S. The van der Waals surface area contributed by atoms with Gasteiger partial charge < -0.3 is 10.2 Å². The molecule has 0 spiro atoms. The molecule has 1 aromatic carbocycles. The fourth-order valence-electron chi connectivity index (χ4n) is 2.64. The number of hydrogen-bond acceptors (Lipinski definition) is 3. The van der Waals surface area contributed by atoms with E-state index < -0.39 is 10.0 Å². The predicted molar refractivity (Wildman–Crippen MR) is 94.5 cm³/mol. The molecule has 7 heteroatoms. The highest BCUT2D eigenvalue weighted by Gasteiger charge is 2.30. The van der Waals surface area contributed by atoms with Crippen LogP contribution >= 0.6 is 0 Å². The Hall–Kier alpha value is -1.60. The first-order valence-electron chi connectivity index (χ1n) is 8.37. The van der Waals surface area contributed by atoms with Crippen molar-refractivity contribution >= 4 is 16.1 Å². The van der Waals surface area contributed by atoms with Gasteiger partial charge in [0, 0.05) is 32.2 Å². The van der Waals surface area contributed by atoms with Crippen LogP contribution in [0.3, 0.4) is 0 Å². The molecule has 1 aromatic rings. The number of amides is 2. The van der Waals surface area contributed by atoms with Crippen molar-refractivity contribution in [3.05, 3.63) is 29.8 Å². The normalized spacial score (nSPS) is 16.7. The zero-order valence-corrected chi connectivity index (χ0v) is 15.6. The molecular weight excluding hydrogens is 326 g/mol. The van der Waals surface area contributed by atoms with Gasteiger partial charge in [-0.1, -0.05) is 26.0 Å². The maximum Gasteiger partial charge on any atom is 0.317 e. The second-order valence-electron chi connectivity index (χ2n) is 6.72. The molecule has 0 bridgehead atoms. The Bertz CT molecular complexity index is 661. The van der Waals surface area contributed by atoms with Gasteiger partial charge in [-0.2, -0.15) is 4.31 Å². The molecule has 1 heterocycles. The minimum Gasteiger partial charge on any atom is -0.336 e. The van der Waals surface area contributed by atoms with Gasteiger partial charge >= 0.3 is 6.03 Å². The van der Waals surface area contributed by atoms with Gasteiger partial charge in [0.2, 0.25) is 10.0 Å². The van der Waals surface area contributed by atoms with Crippen LogP contribution < -0.4 is 5.32 Å². The summed E-state index contributed by atoms with van der Waals surface area (Å²) in [6.45, 7) is 9.40. The summed E-state index contributed by atoms with van der Waals surface area (Å²) in [7, 11) is -3.50. The highest BCUT2D eigenvalue weighted by atomic mass is 32.2. The highest BCUT2D eigenvalue weighted by molar-refractivity contribution is 7.89. The van der Waals surface area contributed by atoms with Crippen molar-refractivity contribution in [3.63, 3.8) is 0 Å². The molecule has 0 saturated carbocycles. The molecule has 0 aliphatic carbocycles. The van der Waals surface area contributed by atoms with Gasteiger partial charge in [0.1, 0.15) is 0 Å². The van der Waals surface area contributed by atoms with Gasteiger partial charge in [-0.25, -0.2) is 13.2 Å². The SMILES string of the molecule is CC(C)NC(=O)N1CCN(S(=O)(=O)c2ccc(C(C)C)cc2)CC1. The fourth-order valence-corrected chi connectivity index (χ4v) is 4.07. The van der Waals surface area contributed by atoms with Crippen LogP contribution in [0.1, 0.15) is 39.2 Å². The van der Waals surface area contributed by atoms with Crippen LogP contribution in [0.5, 0.6) is 0 Å². The molecule has 2 rings (SSSR count). The number of carbonyl (C=O) groups is 1. The highest BCUT2D eigenvalue weighted by Crippen LogP contribution is 2.21. The standard InChI is InChI=1S/C17H27N3O3S/c1-13(2)15-5-7-16(8-6-15)24(22,23)20-11-9-19(10-12-20)17(21)18-14(3)4/h5-8,13-14H,9-12H2,1-4H3,(H,18,21). The van der Waals surface area contributed by atoms with Crippen LogP contribution in [0.2, 0.25) is 0 Å². The zero-order chi connectivity index (χ0) is 17.9. The van der Waals surface area contributed by atoms with Crippen LogP contribution in [-0.4, -0.2) is 55.9 Å². The third-order valence-corrected chi connectivity index (χ3v) is 6.04. The van der Waals surface area contributed by atoms with Gasteiger partial charge in [0.25, 0.3) is 0 Å². The number of sulfonamides is 1. The minimum absolute atomic E-state index is 0.0683. The van der Waals surface area contributed by atoms with E-state index in [0.717, 1.165) is 5.56 Å². The van der Waals surface area contributed by atoms with E-state index in [-0.39, 0.29) is 12.1 Å². The van der Waals surface area contributed by atoms with Gasteiger partial charge in [0.15, 0.2) is 0 Å². The number of carbonyl (C=O) groups excluding carboxylic acids is 1. The lowest BCUT2D eigenvalue weighted by Crippen LogP contribution is -2.53. The first-order valence-corrected chi connectivity index (χ1v) is 9.81. The number of rotatable bonds is 4. The number of urea groups is 1. The first kappa shape index (κ1) is 18.7. The van der Waals surface area contributed by atoms with E-state index in [1.807, 2.05) is 26.0 Å². The van der Waals surface area contributed by atoms with E-state index in [1.54, 1.807) is 17.0 Å². The van der Waals surface area contributed by atoms with E-state index in [2.05, 4.69) is 19.2 Å². The van der Waals surface area contributed by atoms with Crippen LogP contribution in [0.4, 0.5) is 4.79 Å². The van der Waals surface area contributed by atoms with E-state index in [4.69, 9.17) is 0 Å².